The Labute approximate surface area is 223 Å². The van der Waals surface area contributed by atoms with E-state index in [1.165, 1.54) is 0 Å². The number of pyridine rings is 2. The van der Waals surface area contributed by atoms with Crippen LogP contribution < -0.4 is 9.47 Å². The number of rotatable bonds is 17. The van der Waals surface area contributed by atoms with Gasteiger partial charge in [-0.05, 0) is 26.0 Å². The van der Waals surface area contributed by atoms with Gasteiger partial charge in [0.25, 0.3) is 0 Å². The zero-order valence-corrected chi connectivity index (χ0v) is 22.9. The molecule has 2 aromatic rings. The molecule has 0 radical (unpaired) electrons. The molecule has 0 saturated heterocycles. The predicted octanol–water partition coefficient (Wildman–Crippen LogP) is 3.85. The fourth-order valence-electron chi connectivity index (χ4n) is 2.45. The molecule has 11 heteroatoms. The number of hydrogen-bond donors (Lipinski definition) is 0. The maximum atomic E-state index is 5.73. The second-order valence-electron chi connectivity index (χ2n) is 6.07. The van der Waals surface area contributed by atoms with Gasteiger partial charge in [-0.2, -0.15) is 0 Å². The molecule has 0 bridgehead atoms. The largest absolute Gasteiger partial charge is 4.00 e. The van der Waals surface area contributed by atoms with Gasteiger partial charge in [-0.1, -0.05) is 0 Å². The third-order valence-electron chi connectivity index (χ3n) is 3.87. The molecule has 2 heterocycles. The van der Waals surface area contributed by atoms with Crippen molar-refractivity contribution in [2.45, 2.75) is 13.8 Å². The smallest absolute Gasteiger partial charge is 0.491 e. The molecule has 0 N–H and O–H groups in total. The van der Waals surface area contributed by atoms with Gasteiger partial charge in [0.15, 0.2) is 0 Å². The predicted molar refractivity (Wildman–Crippen MR) is 128 cm³/mol. The van der Waals surface area contributed by atoms with Crippen LogP contribution in [0.4, 0.5) is 0 Å². The van der Waals surface area contributed by atoms with Crippen molar-refractivity contribution in [1.82, 2.24) is 9.97 Å². The Kier molecular flexibility index (Phi) is 23.6. The van der Waals surface area contributed by atoms with Crippen LogP contribution >= 0.6 is 24.8 Å². The Morgan fingerprint density at radius 3 is 1.33 bits per heavy atom. The Bertz CT molecular complexity index is 659. The van der Waals surface area contributed by atoms with Gasteiger partial charge < -0.3 is 28.4 Å². The fourth-order valence-corrected chi connectivity index (χ4v) is 2.45. The van der Waals surface area contributed by atoms with Gasteiger partial charge in [0.05, 0.1) is 51.0 Å². The van der Waals surface area contributed by atoms with Gasteiger partial charge in [0.1, 0.15) is 24.7 Å². The molecule has 0 aliphatic carbocycles. The first-order valence-electron chi connectivity index (χ1n) is 10.3. The van der Waals surface area contributed by atoms with Gasteiger partial charge in [0.2, 0.25) is 0 Å². The summed E-state index contributed by atoms with van der Waals surface area (Å²) < 4.78 is 32.8. The first-order chi connectivity index (χ1) is 14.8. The van der Waals surface area contributed by atoms with E-state index in [9.17, 15) is 0 Å². The van der Waals surface area contributed by atoms with Crippen molar-refractivity contribution in [1.29, 1.82) is 0 Å². The van der Waals surface area contributed by atoms with Crippen LogP contribution in [-0.2, 0) is 40.0 Å². The summed E-state index contributed by atoms with van der Waals surface area (Å²) in [5, 5.41) is 0. The average molecular weight is 689 g/mol. The molecule has 0 fully saturated rings. The van der Waals surface area contributed by atoms with E-state index in [2.05, 4.69) is 9.97 Å². The van der Waals surface area contributed by atoms with Crippen molar-refractivity contribution in [2.24, 2.45) is 0 Å². The number of ether oxygens (including phenoxy) is 6. The summed E-state index contributed by atoms with van der Waals surface area (Å²) in [4.78, 5) is 8.77. The maximum absolute atomic E-state index is 5.73. The van der Waals surface area contributed by atoms with Crippen LogP contribution in [0.25, 0.3) is 11.4 Å². The Balaban J connectivity index is 0. The number of halogens is 2. The molecule has 0 aliphatic rings. The third kappa shape index (κ3) is 15.5. The number of aromatic nitrogens is 2. The van der Waals surface area contributed by atoms with Crippen molar-refractivity contribution < 1.29 is 49.5 Å². The molecule has 188 valence electrons. The topological polar surface area (TPSA) is 81.2 Å². The minimum Gasteiger partial charge on any atom is -0.491 e. The first-order valence-corrected chi connectivity index (χ1v) is 10.3. The molecule has 8 nitrogen and oxygen atoms in total. The van der Waals surface area contributed by atoms with Crippen molar-refractivity contribution in [3.63, 3.8) is 0 Å². The second-order valence-corrected chi connectivity index (χ2v) is 6.07. The summed E-state index contributed by atoms with van der Waals surface area (Å²) in [5.74, 6) is 1.42. The van der Waals surface area contributed by atoms with E-state index in [-0.39, 0.29) is 45.9 Å². The van der Waals surface area contributed by atoms with Gasteiger partial charge in [-0.25, -0.2) is 0 Å². The molecule has 2 rings (SSSR count). The van der Waals surface area contributed by atoms with Gasteiger partial charge in [-0.15, -0.1) is 24.8 Å². The maximum Gasteiger partial charge on any atom is 4.00 e. The van der Waals surface area contributed by atoms with Crippen LogP contribution in [-0.4, -0.2) is 76.0 Å². The Hall–Kier alpha value is -0.992. The van der Waals surface area contributed by atoms with E-state index in [0.717, 1.165) is 0 Å². The van der Waals surface area contributed by atoms with Crippen LogP contribution in [0, 0.1) is 0 Å². The van der Waals surface area contributed by atoms with Crippen LogP contribution in [0.2, 0.25) is 0 Å². The van der Waals surface area contributed by atoms with Crippen LogP contribution in [0.3, 0.4) is 0 Å². The average Bonchev–Trinajstić information content (AvgIpc) is 2.78. The molecule has 0 aromatic carbocycles. The molecule has 33 heavy (non-hydrogen) atoms. The first kappa shape index (κ1) is 34.2. The van der Waals surface area contributed by atoms with E-state index < -0.39 is 0 Å². The normalized spacial score (nSPS) is 9.88. The standard InChI is InChI=1S/C22H32N2O6.2ClH.Pt/c1-3-25-9-11-27-13-15-29-19-5-7-23-21(17-19)22-18-20(6-8-24-22)30-16-14-28-12-10-26-4-2;;;/h5-8,17-18H,3-4,9-16H2,1-2H3;2*1H;/q;;;+4. The summed E-state index contributed by atoms with van der Waals surface area (Å²) >= 11 is 0. The van der Waals surface area contributed by atoms with Crippen LogP contribution in [0.5, 0.6) is 11.5 Å². The van der Waals surface area contributed by atoms with Crippen molar-refractivity contribution >= 4 is 24.8 Å². The molecule has 0 atom stereocenters. The molecule has 0 spiro atoms. The SMILES string of the molecule is CCOCCOCCOc1ccnc(-c2cc(OCCOCCOCC)ccn2)c1.Cl.Cl.[Pt+4]. The van der Waals surface area contributed by atoms with Crippen LogP contribution in [0.1, 0.15) is 13.8 Å². The molecular weight excluding hydrogens is 654 g/mol. The summed E-state index contributed by atoms with van der Waals surface area (Å²) in [5.41, 5.74) is 1.42. The van der Waals surface area contributed by atoms with E-state index in [1.807, 2.05) is 38.1 Å². The Morgan fingerprint density at radius 1 is 0.576 bits per heavy atom. The molecule has 2 aromatic heterocycles. The zero-order chi connectivity index (χ0) is 21.3. The van der Waals surface area contributed by atoms with Gasteiger partial charge in [-0.3, -0.25) is 9.97 Å². The van der Waals surface area contributed by atoms with E-state index in [4.69, 9.17) is 28.4 Å². The van der Waals surface area contributed by atoms with E-state index >= 15 is 0 Å². The molecule has 0 unspecified atom stereocenters. The minimum absolute atomic E-state index is 0. The quantitative estimate of drug-likeness (QED) is 0.232. The molecule has 0 saturated carbocycles. The third-order valence-corrected chi connectivity index (χ3v) is 3.87. The van der Waals surface area contributed by atoms with Gasteiger partial charge in [0, 0.05) is 37.7 Å². The minimum atomic E-state index is 0. The van der Waals surface area contributed by atoms with Crippen molar-refractivity contribution in [2.75, 3.05) is 66.1 Å². The number of nitrogens with zero attached hydrogens (tertiary/aromatic N) is 2. The molecule has 0 amide bonds. The summed E-state index contributed by atoms with van der Waals surface area (Å²) in [6, 6.07) is 7.32. The fraction of sp³-hybridized carbons (Fsp3) is 0.545. The Morgan fingerprint density at radius 2 is 0.939 bits per heavy atom. The van der Waals surface area contributed by atoms with Gasteiger partial charge >= 0.3 is 21.1 Å². The van der Waals surface area contributed by atoms with E-state index in [1.54, 1.807) is 12.4 Å². The van der Waals surface area contributed by atoms with Crippen molar-refractivity contribution in [3.8, 4) is 22.9 Å². The zero-order valence-electron chi connectivity index (χ0n) is 19.0. The number of hydrogen-bond acceptors (Lipinski definition) is 8. The van der Waals surface area contributed by atoms with Crippen molar-refractivity contribution in [3.05, 3.63) is 36.7 Å². The van der Waals surface area contributed by atoms with E-state index in [0.29, 0.717) is 89.0 Å². The summed E-state index contributed by atoms with van der Waals surface area (Å²) in [6.45, 7) is 9.54. The molecule has 0 aliphatic heterocycles. The molecular formula is C22H34Cl2N2O6Pt+4. The summed E-state index contributed by atoms with van der Waals surface area (Å²) in [7, 11) is 0. The summed E-state index contributed by atoms with van der Waals surface area (Å²) in [6.07, 6.45) is 3.39. The monoisotopic (exact) mass is 687 g/mol. The van der Waals surface area contributed by atoms with Crippen LogP contribution in [0.15, 0.2) is 36.7 Å². The second kappa shape index (κ2) is 22.8.